The predicted octanol–water partition coefficient (Wildman–Crippen LogP) is 1.09. The van der Waals surface area contributed by atoms with E-state index in [1.807, 2.05) is 25.3 Å². The Hall–Kier alpha value is -1.25. The molecule has 1 heterocycles. The van der Waals surface area contributed by atoms with Gasteiger partial charge in [-0.1, -0.05) is 6.92 Å². The molecule has 10 heavy (non-hydrogen) atoms. The van der Waals surface area contributed by atoms with Gasteiger partial charge in [0.2, 0.25) is 0 Å². The lowest BCUT2D eigenvalue weighted by Gasteiger charge is -1.95. The minimum Gasteiger partial charge on any atom is -0.360 e. The van der Waals surface area contributed by atoms with Crippen molar-refractivity contribution < 1.29 is 0 Å². The molecular weight excluding hydrogens is 126 g/mol. The average molecular weight is 137 g/mol. The van der Waals surface area contributed by atoms with Gasteiger partial charge in [0.25, 0.3) is 0 Å². The summed E-state index contributed by atoms with van der Waals surface area (Å²) in [6.45, 7) is 2.02. The molecule has 0 spiro atoms. The number of nitrogens with zero attached hydrogens (tertiary/aromatic N) is 1. The summed E-state index contributed by atoms with van der Waals surface area (Å²) in [5.74, 6) is 5.14. The third-order valence-electron chi connectivity index (χ3n) is 1.40. The van der Waals surface area contributed by atoms with Crippen LogP contribution in [0.5, 0.6) is 0 Å². The van der Waals surface area contributed by atoms with Gasteiger partial charge in [-0.3, -0.25) is 0 Å². The van der Waals surface area contributed by atoms with E-state index >= 15 is 0 Å². The van der Waals surface area contributed by atoms with Gasteiger partial charge in [0.15, 0.2) is 0 Å². The maximum absolute atomic E-state index is 5.14. The standard InChI is InChI=1S/C7H11N3/c1-2-6(10-8)7-4-3-5-9-7/h3-5,9H,2,8H2,1H3/b10-6-. The summed E-state index contributed by atoms with van der Waals surface area (Å²) >= 11 is 0. The highest BCUT2D eigenvalue weighted by Crippen LogP contribution is 1.99. The van der Waals surface area contributed by atoms with Crippen LogP contribution in [-0.4, -0.2) is 10.7 Å². The number of rotatable bonds is 2. The summed E-state index contributed by atoms with van der Waals surface area (Å²) < 4.78 is 0. The van der Waals surface area contributed by atoms with E-state index < -0.39 is 0 Å². The molecular formula is C7H11N3. The topological polar surface area (TPSA) is 54.2 Å². The van der Waals surface area contributed by atoms with Gasteiger partial charge < -0.3 is 10.8 Å². The normalized spacial score (nSPS) is 11.9. The molecule has 3 N–H and O–H groups in total. The molecule has 0 radical (unpaired) electrons. The highest BCUT2D eigenvalue weighted by atomic mass is 15.1. The fourth-order valence-corrected chi connectivity index (χ4v) is 0.861. The van der Waals surface area contributed by atoms with Crippen LogP contribution in [0, 0.1) is 0 Å². The zero-order valence-electron chi connectivity index (χ0n) is 5.96. The van der Waals surface area contributed by atoms with Gasteiger partial charge >= 0.3 is 0 Å². The Balaban J connectivity index is 2.85. The average Bonchev–Trinajstić information content (AvgIpc) is 2.43. The van der Waals surface area contributed by atoms with E-state index in [0.717, 1.165) is 17.8 Å². The fourth-order valence-electron chi connectivity index (χ4n) is 0.861. The molecule has 54 valence electrons. The zero-order chi connectivity index (χ0) is 7.40. The summed E-state index contributed by atoms with van der Waals surface area (Å²) in [7, 11) is 0. The Morgan fingerprint density at radius 1 is 1.80 bits per heavy atom. The number of aromatic amines is 1. The first-order valence-electron chi connectivity index (χ1n) is 3.29. The molecule has 1 aromatic heterocycles. The number of aromatic nitrogens is 1. The number of hydrazone groups is 1. The minimum absolute atomic E-state index is 0.858. The number of nitrogens with two attached hydrogens (primary N) is 1. The van der Waals surface area contributed by atoms with Crippen LogP contribution < -0.4 is 5.84 Å². The van der Waals surface area contributed by atoms with Crippen LogP contribution in [0.3, 0.4) is 0 Å². The van der Waals surface area contributed by atoms with Crippen LogP contribution in [0.25, 0.3) is 0 Å². The molecule has 0 aliphatic carbocycles. The van der Waals surface area contributed by atoms with Crippen molar-refractivity contribution in [2.24, 2.45) is 10.9 Å². The second-order valence-corrected chi connectivity index (χ2v) is 2.01. The first-order chi connectivity index (χ1) is 4.88. The largest absolute Gasteiger partial charge is 0.360 e. The maximum atomic E-state index is 5.14. The number of hydrogen-bond donors (Lipinski definition) is 2. The lowest BCUT2D eigenvalue weighted by Crippen LogP contribution is -2.02. The van der Waals surface area contributed by atoms with E-state index in [2.05, 4.69) is 10.1 Å². The summed E-state index contributed by atoms with van der Waals surface area (Å²) in [6.07, 6.45) is 2.72. The molecule has 0 saturated carbocycles. The molecule has 0 aromatic carbocycles. The van der Waals surface area contributed by atoms with Crippen molar-refractivity contribution in [3.63, 3.8) is 0 Å². The quantitative estimate of drug-likeness (QED) is 0.358. The second kappa shape index (κ2) is 3.06. The monoisotopic (exact) mass is 137 g/mol. The predicted molar refractivity (Wildman–Crippen MR) is 41.8 cm³/mol. The molecule has 0 aliphatic heterocycles. The first kappa shape index (κ1) is 6.86. The van der Waals surface area contributed by atoms with Crippen molar-refractivity contribution in [3.8, 4) is 0 Å². The van der Waals surface area contributed by atoms with Crippen molar-refractivity contribution >= 4 is 5.71 Å². The van der Waals surface area contributed by atoms with E-state index in [1.165, 1.54) is 0 Å². The second-order valence-electron chi connectivity index (χ2n) is 2.01. The molecule has 0 saturated heterocycles. The van der Waals surface area contributed by atoms with Gasteiger partial charge in [-0.25, -0.2) is 0 Å². The first-order valence-corrected chi connectivity index (χ1v) is 3.29. The van der Waals surface area contributed by atoms with Gasteiger partial charge in [-0.15, -0.1) is 0 Å². The van der Waals surface area contributed by atoms with Gasteiger partial charge in [0.05, 0.1) is 11.4 Å². The van der Waals surface area contributed by atoms with Crippen molar-refractivity contribution in [1.29, 1.82) is 0 Å². The van der Waals surface area contributed by atoms with Crippen LogP contribution in [-0.2, 0) is 0 Å². The maximum Gasteiger partial charge on any atom is 0.0831 e. The summed E-state index contributed by atoms with van der Waals surface area (Å²) in [4.78, 5) is 3.03. The fraction of sp³-hybridized carbons (Fsp3) is 0.286. The zero-order valence-corrected chi connectivity index (χ0v) is 5.96. The minimum atomic E-state index is 0.858. The summed E-state index contributed by atoms with van der Waals surface area (Å²) in [6, 6.07) is 3.88. The van der Waals surface area contributed by atoms with E-state index in [4.69, 9.17) is 5.84 Å². The lowest BCUT2D eigenvalue weighted by atomic mass is 10.2. The molecule has 0 aliphatic rings. The van der Waals surface area contributed by atoms with Crippen molar-refractivity contribution in [2.75, 3.05) is 0 Å². The highest BCUT2D eigenvalue weighted by molar-refractivity contribution is 5.98. The van der Waals surface area contributed by atoms with Crippen LogP contribution in [0.15, 0.2) is 23.4 Å². The molecule has 1 rings (SSSR count). The van der Waals surface area contributed by atoms with Crippen molar-refractivity contribution in [2.45, 2.75) is 13.3 Å². The highest BCUT2D eigenvalue weighted by Gasteiger charge is 1.98. The third-order valence-corrected chi connectivity index (χ3v) is 1.40. The lowest BCUT2D eigenvalue weighted by molar-refractivity contribution is 1.15. The molecule has 0 bridgehead atoms. The number of H-pyrrole nitrogens is 1. The van der Waals surface area contributed by atoms with Gasteiger partial charge in [-0.2, -0.15) is 5.10 Å². The third kappa shape index (κ3) is 1.18. The van der Waals surface area contributed by atoms with Gasteiger partial charge in [-0.05, 0) is 18.6 Å². The van der Waals surface area contributed by atoms with Crippen LogP contribution >= 0.6 is 0 Å². The summed E-state index contributed by atoms with van der Waals surface area (Å²) in [5, 5.41) is 3.63. The van der Waals surface area contributed by atoms with Crippen LogP contribution in [0.4, 0.5) is 0 Å². The number of hydrogen-bond acceptors (Lipinski definition) is 2. The Morgan fingerprint density at radius 3 is 3.00 bits per heavy atom. The SMILES string of the molecule is CC/C(=N/N)c1ccc[nH]1. The van der Waals surface area contributed by atoms with Crippen molar-refractivity contribution in [1.82, 2.24) is 4.98 Å². The van der Waals surface area contributed by atoms with Gasteiger partial charge in [0.1, 0.15) is 0 Å². The Labute approximate surface area is 59.9 Å². The number of nitrogens with one attached hydrogen (secondary N) is 1. The molecule has 1 aromatic rings. The van der Waals surface area contributed by atoms with Crippen molar-refractivity contribution in [3.05, 3.63) is 24.0 Å². The Bertz CT molecular complexity index is 211. The molecule has 0 atom stereocenters. The smallest absolute Gasteiger partial charge is 0.0831 e. The van der Waals surface area contributed by atoms with E-state index in [0.29, 0.717) is 0 Å². The Morgan fingerprint density at radius 2 is 2.60 bits per heavy atom. The summed E-state index contributed by atoms with van der Waals surface area (Å²) in [5.41, 5.74) is 1.91. The van der Waals surface area contributed by atoms with Crippen LogP contribution in [0.2, 0.25) is 0 Å². The van der Waals surface area contributed by atoms with Crippen LogP contribution in [0.1, 0.15) is 19.0 Å². The Kier molecular flexibility index (Phi) is 2.10. The molecule has 3 nitrogen and oxygen atoms in total. The van der Waals surface area contributed by atoms with Gasteiger partial charge in [0, 0.05) is 6.20 Å². The molecule has 0 amide bonds. The molecule has 0 fully saturated rings. The van der Waals surface area contributed by atoms with E-state index in [1.54, 1.807) is 0 Å². The molecule has 0 unspecified atom stereocenters. The van der Waals surface area contributed by atoms with E-state index in [-0.39, 0.29) is 0 Å². The van der Waals surface area contributed by atoms with E-state index in [9.17, 15) is 0 Å². The molecule has 3 heteroatoms.